The van der Waals surface area contributed by atoms with Crippen LogP contribution in [0.25, 0.3) is 0 Å². The molecule has 110 valence electrons. The Morgan fingerprint density at radius 1 is 1.40 bits per heavy atom. The monoisotopic (exact) mass is 275 g/mol. The van der Waals surface area contributed by atoms with Crippen LogP contribution in [0.15, 0.2) is 18.3 Å². The number of pyridine rings is 1. The molecular formula is C16H25N3O. The molecule has 2 amide bonds. The number of hydrogen-bond acceptors (Lipinski definition) is 2. The molecule has 0 bridgehead atoms. The number of hydrogen-bond donors (Lipinski definition) is 1. The van der Waals surface area contributed by atoms with Crippen molar-refractivity contribution >= 4 is 6.03 Å². The number of amides is 2. The lowest BCUT2D eigenvalue weighted by Crippen LogP contribution is -2.49. The fourth-order valence-corrected chi connectivity index (χ4v) is 2.63. The van der Waals surface area contributed by atoms with Gasteiger partial charge in [0.25, 0.3) is 0 Å². The third kappa shape index (κ3) is 3.95. The predicted octanol–water partition coefficient (Wildman–Crippen LogP) is 2.76. The fourth-order valence-electron chi connectivity index (χ4n) is 2.63. The van der Waals surface area contributed by atoms with Crippen molar-refractivity contribution in [3.63, 3.8) is 0 Å². The molecule has 1 fully saturated rings. The largest absolute Gasteiger partial charge is 0.338 e. The van der Waals surface area contributed by atoms with Crippen molar-refractivity contribution in [3.05, 3.63) is 29.6 Å². The molecule has 2 unspecified atom stereocenters. The smallest absolute Gasteiger partial charge is 0.317 e. The average molecular weight is 275 g/mol. The predicted molar refractivity (Wildman–Crippen MR) is 80.6 cm³/mol. The summed E-state index contributed by atoms with van der Waals surface area (Å²) in [5, 5.41) is 3.03. The van der Waals surface area contributed by atoms with Crippen molar-refractivity contribution in [2.75, 3.05) is 13.1 Å². The molecule has 1 saturated heterocycles. The highest BCUT2D eigenvalue weighted by Crippen LogP contribution is 2.21. The van der Waals surface area contributed by atoms with Gasteiger partial charge in [-0.25, -0.2) is 4.79 Å². The Kier molecular flexibility index (Phi) is 4.99. The SMILES string of the molecule is Cc1ccc(CCNC(=O)N2CC(C)CCC2C)cn1. The molecule has 1 aliphatic rings. The van der Waals surface area contributed by atoms with Gasteiger partial charge in [0.05, 0.1) is 0 Å². The Morgan fingerprint density at radius 3 is 2.90 bits per heavy atom. The normalized spacial score (nSPS) is 22.6. The summed E-state index contributed by atoms with van der Waals surface area (Å²) in [7, 11) is 0. The first kappa shape index (κ1) is 14.8. The first-order valence-electron chi connectivity index (χ1n) is 7.52. The van der Waals surface area contributed by atoms with E-state index in [0.29, 0.717) is 18.5 Å². The van der Waals surface area contributed by atoms with Crippen LogP contribution >= 0.6 is 0 Å². The van der Waals surface area contributed by atoms with Crippen LogP contribution in [-0.4, -0.2) is 35.0 Å². The van der Waals surface area contributed by atoms with E-state index >= 15 is 0 Å². The number of nitrogens with zero attached hydrogens (tertiary/aromatic N) is 2. The number of aromatic nitrogens is 1. The number of nitrogens with one attached hydrogen (secondary N) is 1. The van der Waals surface area contributed by atoms with Crippen molar-refractivity contribution in [2.24, 2.45) is 5.92 Å². The van der Waals surface area contributed by atoms with Gasteiger partial charge in [0.2, 0.25) is 0 Å². The van der Waals surface area contributed by atoms with Crippen LogP contribution in [0.2, 0.25) is 0 Å². The molecule has 0 saturated carbocycles. The summed E-state index contributed by atoms with van der Waals surface area (Å²) in [6, 6.07) is 4.50. The molecule has 1 aliphatic heterocycles. The van der Waals surface area contributed by atoms with Gasteiger partial charge in [-0.2, -0.15) is 0 Å². The number of rotatable bonds is 3. The van der Waals surface area contributed by atoms with Gasteiger partial charge in [-0.1, -0.05) is 13.0 Å². The lowest BCUT2D eigenvalue weighted by Gasteiger charge is -2.36. The van der Waals surface area contributed by atoms with E-state index < -0.39 is 0 Å². The molecule has 0 radical (unpaired) electrons. The van der Waals surface area contributed by atoms with Gasteiger partial charge in [0, 0.05) is 31.0 Å². The second kappa shape index (κ2) is 6.73. The number of likely N-dealkylation sites (tertiary alicyclic amines) is 1. The number of aryl methyl sites for hydroxylation is 1. The number of carbonyl (C=O) groups is 1. The summed E-state index contributed by atoms with van der Waals surface area (Å²) in [6.45, 7) is 7.87. The molecule has 4 nitrogen and oxygen atoms in total. The van der Waals surface area contributed by atoms with Crippen molar-refractivity contribution in [3.8, 4) is 0 Å². The molecule has 2 atom stereocenters. The quantitative estimate of drug-likeness (QED) is 0.922. The molecule has 4 heteroatoms. The molecule has 0 spiro atoms. The van der Waals surface area contributed by atoms with Crippen LogP contribution < -0.4 is 5.32 Å². The van der Waals surface area contributed by atoms with Crippen LogP contribution in [0.5, 0.6) is 0 Å². The molecule has 2 rings (SSSR count). The van der Waals surface area contributed by atoms with Crippen molar-refractivity contribution in [2.45, 2.75) is 46.1 Å². The highest BCUT2D eigenvalue weighted by atomic mass is 16.2. The molecule has 20 heavy (non-hydrogen) atoms. The topological polar surface area (TPSA) is 45.2 Å². The third-order valence-electron chi connectivity index (χ3n) is 4.04. The summed E-state index contributed by atoms with van der Waals surface area (Å²) in [5.41, 5.74) is 2.19. The average Bonchev–Trinajstić information content (AvgIpc) is 2.43. The van der Waals surface area contributed by atoms with Gasteiger partial charge in [-0.3, -0.25) is 4.98 Å². The van der Waals surface area contributed by atoms with E-state index in [1.165, 1.54) is 6.42 Å². The molecule has 1 aromatic rings. The molecule has 1 aromatic heterocycles. The summed E-state index contributed by atoms with van der Waals surface area (Å²) in [6.07, 6.45) is 5.04. The lowest BCUT2D eigenvalue weighted by atomic mass is 9.95. The van der Waals surface area contributed by atoms with Crippen molar-refractivity contribution in [1.29, 1.82) is 0 Å². The van der Waals surface area contributed by atoms with E-state index in [2.05, 4.69) is 30.2 Å². The second-order valence-electron chi connectivity index (χ2n) is 5.97. The van der Waals surface area contributed by atoms with E-state index in [9.17, 15) is 4.79 Å². The van der Waals surface area contributed by atoms with Gasteiger partial charge in [0.15, 0.2) is 0 Å². The fraction of sp³-hybridized carbons (Fsp3) is 0.625. The third-order valence-corrected chi connectivity index (χ3v) is 4.04. The minimum Gasteiger partial charge on any atom is -0.338 e. The molecule has 1 N–H and O–H groups in total. The first-order chi connectivity index (χ1) is 9.56. The van der Waals surface area contributed by atoms with E-state index in [0.717, 1.165) is 30.6 Å². The zero-order valence-corrected chi connectivity index (χ0v) is 12.7. The van der Waals surface area contributed by atoms with E-state index in [-0.39, 0.29) is 6.03 Å². The number of urea groups is 1. The molecular weight excluding hydrogens is 250 g/mol. The van der Waals surface area contributed by atoms with Crippen LogP contribution in [0.3, 0.4) is 0 Å². The summed E-state index contributed by atoms with van der Waals surface area (Å²) >= 11 is 0. The maximum absolute atomic E-state index is 12.2. The number of piperidine rings is 1. The van der Waals surface area contributed by atoms with Gasteiger partial charge >= 0.3 is 6.03 Å². The summed E-state index contributed by atoms with van der Waals surface area (Å²) < 4.78 is 0. The minimum atomic E-state index is 0.0733. The highest BCUT2D eigenvalue weighted by molar-refractivity contribution is 5.74. The maximum atomic E-state index is 12.2. The zero-order chi connectivity index (χ0) is 14.5. The Morgan fingerprint density at radius 2 is 2.20 bits per heavy atom. The van der Waals surface area contributed by atoms with Crippen LogP contribution in [0.4, 0.5) is 4.79 Å². The van der Waals surface area contributed by atoms with Gasteiger partial charge < -0.3 is 10.2 Å². The zero-order valence-electron chi connectivity index (χ0n) is 12.7. The number of carbonyl (C=O) groups excluding carboxylic acids is 1. The molecule has 0 aromatic carbocycles. The van der Waals surface area contributed by atoms with Crippen LogP contribution in [0, 0.1) is 12.8 Å². The Labute approximate surface area is 121 Å². The highest BCUT2D eigenvalue weighted by Gasteiger charge is 2.26. The summed E-state index contributed by atoms with van der Waals surface area (Å²) in [5.74, 6) is 0.609. The first-order valence-corrected chi connectivity index (χ1v) is 7.52. The Bertz CT molecular complexity index is 444. The van der Waals surface area contributed by atoms with E-state index in [1.54, 1.807) is 0 Å². The van der Waals surface area contributed by atoms with E-state index in [4.69, 9.17) is 0 Å². The molecule has 2 heterocycles. The molecule has 0 aliphatic carbocycles. The van der Waals surface area contributed by atoms with Gasteiger partial charge in [-0.15, -0.1) is 0 Å². The van der Waals surface area contributed by atoms with Gasteiger partial charge in [0.1, 0.15) is 0 Å². The lowest BCUT2D eigenvalue weighted by molar-refractivity contribution is 0.137. The van der Waals surface area contributed by atoms with E-state index in [1.807, 2.05) is 24.1 Å². The Balaban J connectivity index is 1.78. The minimum absolute atomic E-state index is 0.0733. The maximum Gasteiger partial charge on any atom is 0.317 e. The van der Waals surface area contributed by atoms with Gasteiger partial charge in [-0.05, 0) is 50.7 Å². The van der Waals surface area contributed by atoms with Crippen LogP contribution in [-0.2, 0) is 6.42 Å². The standard InChI is InChI=1S/C16H25N3O/c1-12-4-6-14(3)19(11-12)16(20)17-9-8-15-7-5-13(2)18-10-15/h5,7,10,12,14H,4,6,8-9,11H2,1-3H3,(H,17,20). The van der Waals surface area contributed by atoms with Crippen LogP contribution in [0.1, 0.15) is 37.9 Å². The van der Waals surface area contributed by atoms with Crippen molar-refractivity contribution in [1.82, 2.24) is 15.2 Å². The Hall–Kier alpha value is -1.58. The second-order valence-corrected chi connectivity index (χ2v) is 5.97. The summed E-state index contributed by atoms with van der Waals surface area (Å²) in [4.78, 5) is 18.4. The van der Waals surface area contributed by atoms with Crippen molar-refractivity contribution < 1.29 is 4.79 Å².